The Morgan fingerprint density at radius 3 is 2.36 bits per heavy atom. The number of halogens is 3. The SMILES string of the molecule is C=CCCCOc1ccc(COC2CCC(c3ccc(-c4ccc(C)cc4)c(F)c3F)CC2)cc1F. The molecule has 0 aromatic heterocycles. The molecule has 1 fully saturated rings. The molecular formula is C31H33F3O2. The summed E-state index contributed by atoms with van der Waals surface area (Å²) in [6, 6.07) is 15.7. The molecule has 0 amide bonds. The standard InChI is InChI=1S/C31H33F3O2/c1-3-4-5-18-35-29-17-8-22(19-28(29)32)20-36-25-13-11-24(12-14-25)27-16-15-26(30(33)31(27)34)23-9-6-21(2)7-10-23/h3,6-10,15-17,19,24-25H,1,4-5,11-14,18,20H2,2H3. The lowest BCUT2D eigenvalue weighted by Gasteiger charge is -2.29. The first-order valence-electron chi connectivity index (χ1n) is 12.6. The Bertz CT molecular complexity index is 1170. The number of unbranched alkanes of at least 4 members (excludes halogenated alkanes) is 1. The smallest absolute Gasteiger partial charge is 0.166 e. The molecule has 0 radical (unpaired) electrons. The highest BCUT2D eigenvalue weighted by molar-refractivity contribution is 5.65. The molecule has 36 heavy (non-hydrogen) atoms. The topological polar surface area (TPSA) is 18.5 Å². The Hall–Kier alpha value is -3.05. The Labute approximate surface area is 211 Å². The number of aryl methyl sites for hydroxylation is 1. The first-order chi connectivity index (χ1) is 17.5. The van der Waals surface area contributed by atoms with Gasteiger partial charge in [0.1, 0.15) is 0 Å². The molecule has 1 saturated carbocycles. The van der Waals surface area contributed by atoms with Crippen LogP contribution in [0, 0.1) is 24.4 Å². The number of allylic oxidation sites excluding steroid dienone is 1. The maximum Gasteiger partial charge on any atom is 0.166 e. The van der Waals surface area contributed by atoms with Gasteiger partial charge in [0.2, 0.25) is 0 Å². The normalized spacial score (nSPS) is 17.7. The second-order valence-corrected chi connectivity index (χ2v) is 9.53. The van der Waals surface area contributed by atoms with E-state index in [1.165, 1.54) is 6.07 Å². The number of hydrogen-bond donors (Lipinski definition) is 0. The van der Waals surface area contributed by atoms with Crippen LogP contribution in [-0.4, -0.2) is 12.7 Å². The first-order valence-corrected chi connectivity index (χ1v) is 12.6. The van der Waals surface area contributed by atoms with Crippen molar-refractivity contribution in [1.82, 2.24) is 0 Å². The van der Waals surface area contributed by atoms with Gasteiger partial charge >= 0.3 is 0 Å². The van der Waals surface area contributed by atoms with Crippen molar-refractivity contribution in [3.63, 3.8) is 0 Å². The van der Waals surface area contributed by atoms with Crippen molar-refractivity contribution in [2.24, 2.45) is 0 Å². The minimum Gasteiger partial charge on any atom is -0.491 e. The summed E-state index contributed by atoms with van der Waals surface area (Å²) < 4.78 is 55.7. The molecule has 3 aromatic rings. The molecular weight excluding hydrogens is 461 g/mol. The van der Waals surface area contributed by atoms with Gasteiger partial charge in [-0.2, -0.15) is 0 Å². The average molecular weight is 495 g/mol. The van der Waals surface area contributed by atoms with Gasteiger partial charge in [-0.1, -0.05) is 54.1 Å². The van der Waals surface area contributed by atoms with E-state index in [1.54, 1.807) is 18.2 Å². The van der Waals surface area contributed by atoms with Crippen molar-refractivity contribution in [2.75, 3.05) is 6.61 Å². The second-order valence-electron chi connectivity index (χ2n) is 9.53. The van der Waals surface area contributed by atoms with E-state index in [2.05, 4.69) is 6.58 Å². The molecule has 3 aromatic carbocycles. The van der Waals surface area contributed by atoms with E-state index >= 15 is 4.39 Å². The minimum absolute atomic E-state index is 0.0129. The average Bonchev–Trinajstić information content (AvgIpc) is 2.89. The molecule has 0 unspecified atom stereocenters. The molecule has 0 N–H and O–H groups in total. The van der Waals surface area contributed by atoms with E-state index in [0.717, 1.165) is 49.7 Å². The van der Waals surface area contributed by atoms with Gasteiger partial charge in [-0.05, 0) is 80.2 Å². The molecule has 5 heteroatoms. The lowest BCUT2D eigenvalue weighted by molar-refractivity contribution is 0.0130. The Morgan fingerprint density at radius 2 is 1.67 bits per heavy atom. The third-order valence-electron chi connectivity index (χ3n) is 6.88. The van der Waals surface area contributed by atoms with Crippen LogP contribution in [-0.2, 0) is 11.3 Å². The van der Waals surface area contributed by atoms with Crippen LogP contribution in [0.25, 0.3) is 11.1 Å². The molecule has 1 aliphatic carbocycles. The zero-order valence-corrected chi connectivity index (χ0v) is 20.7. The van der Waals surface area contributed by atoms with Crippen LogP contribution >= 0.6 is 0 Å². The largest absolute Gasteiger partial charge is 0.491 e. The van der Waals surface area contributed by atoms with E-state index in [-0.39, 0.29) is 23.3 Å². The van der Waals surface area contributed by atoms with Crippen LogP contribution < -0.4 is 4.74 Å². The Balaban J connectivity index is 1.30. The van der Waals surface area contributed by atoms with Crippen LogP contribution in [0.3, 0.4) is 0 Å². The number of benzene rings is 3. The highest BCUT2D eigenvalue weighted by Gasteiger charge is 2.27. The van der Waals surface area contributed by atoms with Gasteiger partial charge in [0.15, 0.2) is 23.2 Å². The van der Waals surface area contributed by atoms with Crippen LogP contribution in [0.15, 0.2) is 67.3 Å². The van der Waals surface area contributed by atoms with E-state index in [0.29, 0.717) is 24.3 Å². The van der Waals surface area contributed by atoms with E-state index in [9.17, 15) is 8.78 Å². The van der Waals surface area contributed by atoms with Crippen molar-refractivity contribution in [3.05, 3.63) is 101 Å². The number of hydrogen-bond acceptors (Lipinski definition) is 2. The lowest BCUT2D eigenvalue weighted by atomic mass is 9.82. The summed E-state index contributed by atoms with van der Waals surface area (Å²) in [6.45, 7) is 6.37. The Morgan fingerprint density at radius 1 is 0.917 bits per heavy atom. The van der Waals surface area contributed by atoms with Crippen molar-refractivity contribution >= 4 is 0 Å². The molecule has 190 valence electrons. The highest BCUT2D eigenvalue weighted by Crippen LogP contribution is 2.38. The van der Waals surface area contributed by atoms with Crippen molar-refractivity contribution in [2.45, 2.75) is 64.1 Å². The monoisotopic (exact) mass is 494 g/mol. The lowest BCUT2D eigenvalue weighted by Crippen LogP contribution is -2.21. The molecule has 4 rings (SSSR count). The molecule has 1 aliphatic rings. The molecule has 0 aliphatic heterocycles. The van der Waals surface area contributed by atoms with Gasteiger partial charge in [0.25, 0.3) is 0 Å². The molecule has 0 spiro atoms. The summed E-state index contributed by atoms with van der Waals surface area (Å²) in [5, 5.41) is 0. The van der Waals surface area contributed by atoms with Gasteiger partial charge < -0.3 is 9.47 Å². The molecule has 0 saturated heterocycles. The summed E-state index contributed by atoms with van der Waals surface area (Å²) in [5.41, 5.74) is 3.21. The fourth-order valence-electron chi connectivity index (χ4n) is 4.75. The van der Waals surface area contributed by atoms with Crippen LogP contribution in [0.5, 0.6) is 5.75 Å². The van der Waals surface area contributed by atoms with Crippen molar-refractivity contribution in [3.8, 4) is 16.9 Å². The summed E-state index contributed by atoms with van der Waals surface area (Å²) in [4.78, 5) is 0. The third-order valence-corrected chi connectivity index (χ3v) is 6.88. The molecule has 0 heterocycles. The summed E-state index contributed by atoms with van der Waals surface area (Å²) in [5.74, 6) is -1.73. The van der Waals surface area contributed by atoms with Gasteiger partial charge in [-0.3, -0.25) is 0 Å². The molecule has 0 bridgehead atoms. The van der Waals surface area contributed by atoms with Crippen LogP contribution in [0.1, 0.15) is 61.1 Å². The van der Waals surface area contributed by atoms with E-state index < -0.39 is 17.5 Å². The van der Waals surface area contributed by atoms with Gasteiger partial charge in [-0.25, -0.2) is 13.2 Å². The highest BCUT2D eigenvalue weighted by atomic mass is 19.2. The first kappa shape index (κ1) is 26.0. The van der Waals surface area contributed by atoms with Crippen molar-refractivity contribution in [1.29, 1.82) is 0 Å². The number of rotatable bonds is 10. The van der Waals surface area contributed by atoms with E-state index in [1.807, 2.05) is 43.3 Å². The maximum absolute atomic E-state index is 15.0. The third kappa shape index (κ3) is 6.38. The van der Waals surface area contributed by atoms with Gasteiger partial charge in [0, 0.05) is 5.56 Å². The zero-order valence-electron chi connectivity index (χ0n) is 20.7. The Kier molecular flexibility index (Phi) is 8.87. The number of ether oxygens (including phenoxy) is 2. The fourth-order valence-corrected chi connectivity index (χ4v) is 4.75. The minimum atomic E-state index is -0.787. The maximum atomic E-state index is 15.0. The zero-order chi connectivity index (χ0) is 25.5. The van der Waals surface area contributed by atoms with Crippen LogP contribution in [0.2, 0.25) is 0 Å². The summed E-state index contributed by atoms with van der Waals surface area (Å²) in [7, 11) is 0. The second kappa shape index (κ2) is 12.3. The summed E-state index contributed by atoms with van der Waals surface area (Å²) in [6.07, 6.45) is 6.38. The van der Waals surface area contributed by atoms with Crippen molar-refractivity contribution < 1.29 is 22.6 Å². The predicted molar refractivity (Wildman–Crippen MR) is 138 cm³/mol. The predicted octanol–water partition coefficient (Wildman–Crippen LogP) is 8.67. The fraction of sp³-hybridized carbons (Fsp3) is 0.355. The molecule has 2 nitrogen and oxygen atoms in total. The molecule has 0 atom stereocenters. The van der Waals surface area contributed by atoms with Gasteiger partial charge in [0.05, 0.1) is 19.3 Å². The summed E-state index contributed by atoms with van der Waals surface area (Å²) >= 11 is 0. The van der Waals surface area contributed by atoms with E-state index in [4.69, 9.17) is 9.47 Å². The van der Waals surface area contributed by atoms with Crippen LogP contribution in [0.4, 0.5) is 13.2 Å². The van der Waals surface area contributed by atoms with Gasteiger partial charge in [-0.15, -0.1) is 6.58 Å². The quantitative estimate of drug-likeness (QED) is 0.207.